The number of carbonyl (C=O) groups is 1. The number of carbonyl (C=O) groups excluding carboxylic acids is 1. The molecule has 0 aromatic heterocycles. The molecule has 0 bridgehead atoms. The molecule has 1 saturated heterocycles. The van der Waals surface area contributed by atoms with Crippen LogP contribution in [0.25, 0.3) is 0 Å². The molecule has 1 amide bonds. The molecule has 162 valence electrons. The van der Waals surface area contributed by atoms with Crippen molar-refractivity contribution in [2.75, 3.05) is 25.0 Å². The zero-order valence-corrected chi connectivity index (χ0v) is 18.2. The second kappa shape index (κ2) is 9.95. The second-order valence-electron chi connectivity index (χ2n) is 7.44. The molecule has 0 saturated carbocycles. The van der Waals surface area contributed by atoms with Gasteiger partial charge in [-0.3, -0.25) is 4.79 Å². The molecule has 1 aliphatic rings. The molecule has 2 aromatic carbocycles. The molecule has 2 aromatic rings. The lowest BCUT2D eigenvalue weighted by atomic mass is 10.2. The first-order valence-corrected chi connectivity index (χ1v) is 11.6. The van der Waals surface area contributed by atoms with Crippen LogP contribution in [0.15, 0.2) is 53.4 Å². The van der Waals surface area contributed by atoms with Gasteiger partial charge in [-0.15, -0.1) is 0 Å². The lowest BCUT2D eigenvalue weighted by Crippen LogP contribution is -2.35. The van der Waals surface area contributed by atoms with E-state index in [9.17, 15) is 13.2 Å². The van der Waals surface area contributed by atoms with Crippen LogP contribution in [0.4, 0.5) is 5.69 Å². The molecule has 0 radical (unpaired) electrons. The number of hydrogen-bond donors (Lipinski definition) is 1. The first-order chi connectivity index (χ1) is 14.4. The summed E-state index contributed by atoms with van der Waals surface area (Å²) in [7, 11) is -3.63. The maximum atomic E-state index is 13.0. The maximum absolute atomic E-state index is 13.0. The zero-order chi connectivity index (χ0) is 21.6. The fourth-order valence-electron chi connectivity index (χ4n) is 3.23. The van der Waals surface area contributed by atoms with Gasteiger partial charge >= 0.3 is 0 Å². The van der Waals surface area contributed by atoms with Gasteiger partial charge in [0.1, 0.15) is 11.5 Å². The number of nitrogens with one attached hydrogen (secondary N) is 1. The summed E-state index contributed by atoms with van der Waals surface area (Å²) < 4.78 is 38.8. The topological polar surface area (TPSA) is 84.9 Å². The molecule has 0 atom stereocenters. The van der Waals surface area contributed by atoms with Crippen LogP contribution in [0.5, 0.6) is 11.5 Å². The van der Waals surface area contributed by atoms with E-state index >= 15 is 0 Å². The van der Waals surface area contributed by atoms with Crippen LogP contribution in [0.1, 0.15) is 33.1 Å². The molecule has 0 aliphatic carbocycles. The largest absolute Gasteiger partial charge is 0.489 e. The first-order valence-electron chi connectivity index (χ1n) is 10.1. The van der Waals surface area contributed by atoms with Crippen molar-refractivity contribution in [3.05, 3.63) is 48.5 Å². The highest BCUT2D eigenvalue weighted by atomic mass is 32.2. The Kier molecular flexibility index (Phi) is 7.33. The fourth-order valence-corrected chi connectivity index (χ4v) is 4.77. The molecule has 1 fully saturated rings. The van der Waals surface area contributed by atoms with E-state index in [4.69, 9.17) is 9.47 Å². The molecule has 1 aliphatic heterocycles. The van der Waals surface area contributed by atoms with Crippen molar-refractivity contribution in [3.63, 3.8) is 0 Å². The smallest absolute Gasteiger partial charge is 0.262 e. The molecule has 0 spiro atoms. The van der Waals surface area contributed by atoms with Crippen LogP contribution < -0.4 is 14.8 Å². The third-order valence-electron chi connectivity index (χ3n) is 4.65. The lowest BCUT2D eigenvalue weighted by molar-refractivity contribution is -0.118. The van der Waals surface area contributed by atoms with Gasteiger partial charge in [-0.1, -0.05) is 24.6 Å². The molecule has 1 heterocycles. The number of ether oxygens (including phenoxy) is 2. The van der Waals surface area contributed by atoms with Gasteiger partial charge in [0, 0.05) is 13.1 Å². The van der Waals surface area contributed by atoms with Crippen LogP contribution in [0.2, 0.25) is 0 Å². The van der Waals surface area contributed by atoms with Gasteiger partial charge < -0.3 is 14.8 Å². The summed E-state index contributed by atoms with van der Waals surface area (Å²) in [5.74, 6) is 0.586. The molecule has 3 rings (SSSR count). The van der Waals surface area contributed by atoms with Gasteiger partial charge in [-0.25, -0.2) is 8.42 Å². The zero-order valence-electron chi connectivity index (χ0n) is 17.3. The van der Waals surface area contributed by atoms with E-state index in [-0.39, 0.29) is 17.6 Å². The SMILES string of the molecule is CC(C)Oc1ccc(S(=O)(=O)N2CCCCC2)cc1NC(=O)COc1ccccc1. The van der Waals surface area contributed by atoms with Crippen molar-refractivity contribution < 1.29 is 22.7 Å². The summed E-state index contributed by atoms with van der Waals surface area (Å²) in [6, 6.07) is 13.6. The lowest BCUT2D eigenvalue weighted by Gasteiger charge is -2.26. The Morgan fingerprint density at radius 2 is 1.77 bits per heavy atom. The summed E-state index contributed by atoms with van der Waals surface area (Å²) >= 11 is 0. The Morgan fingerprint density at radius 3 is 2.43 bits per heavy atom. The standard InChI is InChI=1S/C22H28N2O5S/c1-17(2)29-21-12-11-19(30(26,27)24-13-7-4-8-14-24)15-20(21)23-22(25)16-28-18-9-5-3-6-10-18/h3,5-6,9-12,15,17H,4,7-8,13-14,16H2,1-2H3,(H,23,25). The highest BCUT2D eigenvalue weighted by molar-refractivity contribution is 7.89. The number of para-hydroxylation sites is 1. The quantitative estimate of drug-likeness (QED) is 0.688. The van der Waals surface area contributed by atoms with Crippen LogP contribution in [-0.4, -0.2) is 44.4 Å². The Balaban J connectivity index is 1.79. The van der Waals surface area contributed by atoms with Gasteiger partial charge in [0.05, 0.1) is 16.7 Å². The van der Waals surface area contributed by atoms with E-state index in [1.54, 1.807) is 18.2 Å². The van der Waals surface area contributed by atoms with Crippen molar-refractivity contribution in [1.29, 1.82) is 0 Å². The average molecular weight is 433 g/mol. The minimum atomic E-state index is -3.63. The van der Waals surface area contributed by atoms with E-state index in [1.165, 1.54) is 16.4 Å². The highest BCUT2D eigenvalue weighted by Gasteiger charge is 2.27. The molecule has 1 N–H and O–H groups in total. The molecular weight excluding hydrogens is 404 g/mol. The Labute approximate surface area is 178 Å². The molecular formula is C22H28N2O5S. The molecule has 30 heavy (non-hydrogen) atoms. The summed E-state index contributed by atoms with van der Waals surface area (Å²) in [6.07, 6.45) is 2.61. The number of hydrogen-bond acceptors (Lipinski definition) is 5. The molecule has 8 heteroatoms. The fraction of sp³-hybridized carbons (Fsp3) is 0.409. The van der Waals surface area contributed by atoms with Crippen molar-refractivity contribution in [3.8, 4) is 11.5 Å². The first kappa shape index (κ1) is 22.1. The normalized spacial score (nSPS) is 15.0. The van der Waals surface area contributed by atoms with E-state index in [0.29, 0.717) is 30.3 Å². The number of piperidine rings is 1. The van der Waals surface area contributed by atoms with Gasteiger partial charge in [0.15, 0.2) is 6.61 Å². The number of anilines is 1. The summed E-state index contributed by atoms with van der Waals surface area (Å²) in [5, 5.41) is 2.73. The number of nitrogens with zero attached hydrogens (tertiary/aromatic N) is 1. The minimum absolute atomic E-state index is 0.134. The minimum Gasteiger partial charge on any atom is -0.489 e. The second-order valence-corrected chi connectivity index (χ2v) is 9.38. The van der Waals surface area contributed by atoms with Crippen LogP contribution in [0, 0.1) is 0 Å². The van der Waals surface area contributed by atoms with Gasteiger partial charge in [-0.05, 0) is 57.0 Å². The van der Waals surface area contributed by atoms with Crippen LogP contribution >= 0.6 is 0 Å². The Hall–Kier alpha value is -2.58. The number of sulfonamides is 1. The van der Waals surface area contributed by atoms with Gasteiger partial charge in [0.25, 0.3) is 5.91 Å². The van der Waals surface area contributed by atoms with E-state index in [0.717, 1.165) is 19.3 Å². The predicted molar refractivity (Wildman–Crippen MR) is 115 cm³/mol. The van der Waals surface area contributed by atoms with Crippen molar-refractivity contribution in [2.24, 2.45) is 0 Å². The summed E-state index contributed by atoms with van der Waals surface area (Å²) in [5.41, 5.74) is 0.309. The molecule has 7 nitrogen and oxygen atoms in total. The van der Waals surface area contributed by atoms with E-state index < -0.39 is 15.9 Å². The van der Waals surface area contributed by atoms with Crippen molar-refractivity contribution in [2.45, 2.75) is 44.1 Å². The Bertz CT molecular complexity index is 955. The van der Waals surface area contributed by atoms with Crippen molar-refractivity contribution >= 4 is 21.6 Å². The number of amides is 1. The van der Waals surface area contributed by atoms with E-state index in [2.05, 4.69) is 5.32 Å². The van der Waals surface area contributed by atoms with Crippen LogP contribution in [-0.2, 0) is 14.8 Å². The number of rotatable bonds is 8. The third kappa shape index (κ3) is 5.73. The average Bonchev–Trinajstić information content (AvgIpc) is 2.74. The van der Waals surface area contributed by atoms with Crippen LogP contribution in [0.3, 0.4) is 0 Å². The number of benzene rings is 2. The summed E-state index contributed by atoms with van der Waals surface area (Å²) in [6.45, 7) is 4.55. The predicted octanol–water partition coefficient (Wildman–Crippen LogP) is 3.67. The monoisotopic (exact) mass is 432 g/mol. The highest BCUT2D eigenvalue weighted by Crippen LogP contribution is 2.31. The molecule has 0 unspecified atom stereocenters. The van der Waals surface area contributed by atoms with Gasteiger partial charge in [0.2, 0.25) is 10.0 Å². The summed E-state index contributed by atoms with van der Waals surface area (Å²) in [4.78, 5) is 12.6. The van der Waals surface area contributed by atoms with Gasteiger partial charge in [-0.2, -0.15) is 4.31 Å². The van der Waals surface area contributed by atoms with Crippen molar-refractivity contribution in [1.82, 2.24) is 4.31 Å². The Morgan fingerprint density at radius 1 is 1.07 bits per heavy atom. The van der Waals surface area contributed by atoms with E-state index in [1.807, 2.05) is 32.0 Å². The third-order valence-corrected chi connectivity index (χ3v) is 6.55. The maximum Gasteiger partial charge on any atom is 0.262 e.